The Bertz CT molecular complexity index is 876. The first-order valence-electron chi connectivity index (χ1n) is 9.49. The summed E-state index contributed by atoms with van der Waals surface area (Å²) < 4.78 is 5.79. The van der Waals surface area contributed by atoms with E-state index in [1.807, 2.05) is 31.2 Å². The van der Waals surface area contributed by atoms with E-state index in [9.17, 15) is 9.59 Å². The second-order valence-electron chi connectivity index (χ2n) is 7.74. The van der Waals surface area contributed by atoms with Gasteiger partial charge in [-0.15, -0.1) is 0 Å². The maximum absolute atomic E-state index is 12.7. The third-order valence-electron chi connectivity index (χ3n) is 5.50. The molecule has 0 saturated carbocycles. The molecule has 5 nitrogen and oxygen atoms in total. The van der Waals surface area contributed by atoms with Crippen LogP contribution in [0.2, 0.25) is 0 Å². The molecule has 1 saturated heterocycles. The first kappa shape index (κ1) is 20.7. The minimum absolute atomic E-state index is 0.166. The largest absolute Gasteiger partial charge is 0.478 e. The molecule has 0 unspecified atom stereocenters. The van der Waals surface area contributed by atoms with Crippen molar-refractivity contribution in [2.45, 2.75) is 46.1 Å². The topological polar surface area (TPSA) is 59.0 Å². The first-order valence-corrected chi connectivity index (χ1v) is 10.3. The van der Waals surface area contributed by atoms with Gasteiger partial charge in [0.15, 0.2) is 5.05 Å². The van der Waals surface area contributed by atoms with Crippen molar-refractivity contribution in [1.82, 2.24) is 4.90 Å². The number of ether oxygens (including phenoxy) is 1. The normalized spacial score (nSPS) is 18.7. The van der Waals surface area contributed by atoms with Crippen LogP contribution in [0.1, 0.15) is 45.6 Å². The van der Waals surface area contributed by atoms with Crippen LogP contribution < -0.4 is 0 Å². The lowest BCUT2D eigenvalue weighted by atomic mass is 9.84. The number of benzene rings is 1. The van der Waals surface area contributed by atoms with Crippen LogP contribution in [0.5, 0.6) is 0 Å². The summed E-state index contributed by atoms with van der Waals surface area (Å²) in [4.78, 5) is 32.1. The number of likely N-dealkylation sites (tertiary alicyclic amines) is 1. The average molecular weight is 417 g/mol. The van der Waals surface area contributed by atoms with Crippen LogP contribution in [0, 0.1) is 5.41 Å². The number of thiocarbonyl (C=S) groups is 2. The molecule has 0 bridgehead atoms. The van der Waals surface area contributed by atoms with Gasteiger partial charge in [-0.05, 0) is 37.5 Å². The highest BCUT2D eigenvalue weighted by atomic mass is 32.1. The number of para-hydroxylation sites is 1. The molecule has 1 aromatic rings. The zero-order chi connectivity index (χ0) is 20.5. The number of rotatable bonds is 6. The zero-order valence-corrected chi connectivity index (χ0v) is 18.0. The van der Waals surface area contributed by atoms with E-state index in [1.165, 1.54) is 0 Å². The Morgan fingerprint density at radius 1 is 1.32 bits per heavy atom. The van der Waals surface area contributed by atoms with Gasteiger partial charge in [0, 0.05) is 17.5 Å². The van der Waals surface area contributed by atoms with Gasteiger partial charge in [-0.3, -0.25) is 9.59 Å². The second kappa shape index (κ2) is 8.17. The Labute approximate surface area is 176 Å². The Kier molecular flexibility index (Phi) is 6.05. The van der Waals surface area contributed by atoms with E-state index in [1.54, 1.807) is 18.7 Å². The Morgan fingerprint density at radius 3 is 2.71 bits per heavy atom. The van der Waals surface area contributed by atoms with Gasteiger partial charge in [-0.2, -0.15) is 0 Å². The molecule has 0 radical (unpaired) electrons. The molecule has 1 amide bonds. The van der Waals surface area contributed by atoms with Crippen LogP contribution >= 0.6 is 24.4 Å². The van der Waals surface area contributed by atoms with Crippen LogP contribution in [0.4, 0.5) is 5.69 Å². The maximum Gasteiger partial charge on any atom is 0.291 e. The van der Waals surface area contributed by atoms with Gasteiger partial charge in [0.2, 0.25) is 5.78 Å². The number of fused-ring (bicyclic) bond motifs is 1. The summed E-state index contributed by atoms with van der Waals surface area (Å²) in [7, 11) is 0. The van der Waals surface area contributed by atoms with Crippen molar-refractivity contribution in [2.75, 3.05) is 13.2 Å². The van der Waals surface area contributed by atoms with Crippen LogP contribution in [0.3, 0.4) is 0 Å². The van der Waals surface area contributed by atoms with Crippen molar-refractivity contribution < 1.29 is 14.3 Å². The molecule has 28 heavy (non-hydrogen) atoms. The molecule has 3 rings (SSSR count). The van der Waals surface area contributed by atoms with E-state index in [0.717, 1.165) is 17.7 Å². The smallest absolute Gasteiger partial charge is 0.291 e. The summed E-state index contributed by atoms with van der Waals surface area (Å²) in [5.74, 6) is -0.845. The number of carbonyl (C=O) groups is 2. The number of carbonyl (C=O) groups excluding carboxylic acids is 2. The Balaban J connectivity index is 1.64. The van der Waals surface area contributed by atoms with Crippen molar-refractivity contribution >= 4 is 57.4 Å². The standard InChI is InChI=1S/C21H24N2O3S2/c1-4-21(2,3)18(24)19(25)23-11-7-10-16(23)20(28)26-12-15-17(27)13-8-5-6-9-14(13)22-15/h5-6,8-9,16H,4,7,10-12H2,1-3H3/t16-/m0/s1. The fourth-order valence-corrected chi connectivity index (χ4v) is 3.86. The number of hydrogen-bond acceptors (Lipinski definition) is 6. The van der Waals surface area contributed by atoms with Crippen LogP contribution in [0.15, 0.2) is 29.3 Å². The van der Waals surface area contributed by atoms with Gasteiger partial charge in [0.05, 0.1) is 16.3 Å². The molecule has 2 heterocycles. The molecule has 0 N–H and O–H groups in total. The lowest BCUT2D eigenvalue weighted by Crippen LogP contribution is -2.47. The summed E-state index contributed by atoms with van der Waals surface area (Å²) in [6.45, 7) is 6.18. The number of Topliss-reactive ketones (excluding diaryl/α,β-unsaturated/α-hetero) is 1. The van der Waals surface area contributed by atoms with Crippen LogP contribution in [-0.4, -0.2) is 51.4 Å². The highest BCUT2D eigenvalue weighted by Gasteiger charge is 2.40. The highest BCUT2D eigenvalue weighted by Crippen LogP contribution is 2.28. The first-order chi connectivity index (χ1) is 13.3. The van der Waals surface area contributed by atoms with Crippen molar-refractivity contribution in [3.8, 4) is 0 Å². The van der Waals surface area contributed by atoms with Gasteiger partial charge >= 0.3 is 0 Å². The van der Waals surface area contributed by atoms with E-state index in [-0.39, 0.29) is 18.4 Å². The van der Waals surface area contributed by atoms with Crippen molar-refractivity contribution in [3.63, 3.8) is 0 Å². The van der Waals surface area contributed by atoms with Gasteiger partial charge in [-0.25, -0.2) is 4.99 Å². The summed E-state index contributed by atoms with van der Waals surface area (Å²) >= 11 is 10.9. The summed E-state index contributed by atoms with van der Waals surface area (Å²) in [5, 5.41) is 0.314. The molecule has 0 aliphatic carbocycles. The molecule has 0 spiro atoms. The average Bonchev–Trinajstić information content (AvgIpc) is 3.30. The van der Waals surface area contributed by atoms with Crippen LogP contribution in [0.25, 0.3) is 0 Å². The molecule has 1 aromatic carbocycles. The van der Waals surface area contributed by atoms with Crippen molar-refractivity contribution in [2.24, 2.45) is 10.4 Å². The Morgan fingerprint density at radius 2 is 2.04 bits per heavy atom. The van der Waals surface area contributed by atoms with Gasteiger partial charge < -0.3 is 9.64 Å². The minimum Gasteiger partial charge on any atom is -0.478 e. The lowest BCUT2D eigenvalue weighted by Gasteiger charge is -2.28. The van der Waals surface area contributed by atoms with Gasteiger partial charge in [-0.1, -0.05) is 51.2 Å². The molecular weight excluding hydrogens is 392 g/mol. The van der Waals surface area contributed by atoms with E-state index in [4.69, 9.17) is 29.2 Å². The third-order valence-corrected chi connectivity index (χ3v) is 6.34. The fraction of sp³-hybridized carbons (Fsp3) is 0.476. The fourth-order valence-electron chi connectivity index (χ4n) is 3.28. The van der Waals surface area contributed by atoms with E-state index < -0.39 is 11.3 Å². The zero-order valence-electron chi connectivity index (χ0n) is 16.4. The summed E-state index contributed by atoms with van der Waals surface area (Å²) in [6, 6.07) is 7.32. The number of aliphatic imine (C=N–C) groups is 1. The molecule has 2 aliphatic heterocycles. The maximum atomic E-state index is 12.7. The van der Waals surface area contributed by atoms with E-state index in [2.05, 4.69) is 4.99 Å². The van der Waals surface area contributed by atoms with Crippen molar-refractivity contribution in [3.05, 3.63) is 29.8 Å². The minimum atomic E-state index is -0.677. The molecule has 1 fully saturated rings. The van der Waals surface area contributed by atoms with Gasteiger partial charge in [0.25, 0.3) is 5.91 Å². The molecule has 2 aliphatic rings. The predicted molar refractivity (Wildman–Crippen MR) is 118 cm³/mol. The predicted octanol–water partition coefficient (Wildman–Crippen LogP) is 3.83. The second-order valence-corrected chi connectivity index (χ2v) is 8.55. The quantitative estimate of drug-likeness (QED) is 0.521. The van der Waals surface area contributed by atoms with E-state index in [0.29, 0.717) is 35.0 Å². The number of hydrogen-bond donors (Lipinski definition) is 0. The van der Waals surface area contributed by atoms with E-state index >= 15 is 0 Å². The highest BCUT2D eigenvalue weighted by molar-refractivity contribution is 7.82. The van der Waals surface area contributed by atoms with Crippen molar-refractivity contribution in [1.29, 1.82) is 0 Å². The van der Waals surface area contributed by atoms with Gasteiger partial charge in [0.1, 0.15) is 12.6 Å². The molecular formula is C21H24N2O3S2. The molecule has 0 aromatic heterocycles. The number of nitrogens with zero attached hydrogens (tertiary/aromatic N) is 2. The molecule has 148 valence electrons. The Hall–Kier alpha value is -1.99. The number of amides is 1. The lowest BCUT2D eigenvalue weighted by molar-refractivity contribution is -0.149. The monoisotopic (exact) mass is 416 g/mol. The SMILES string of the molecule is CCC(C)(C)C(=O)C(=O)N1CCC[C@H]1C(=S)OCC1=Nc2ccccc2C1=S. The summed E-state index contributed by atoms with van der Waals surface area (Å²) in [6.07, 6.45) is 2.10. The molecule has 7 heteroatoms. The number of ketones is 1. The summed E-state index contributed by atoms with van der Waals surface area (Å²) in [5.41, 5.74) is 1.75. The van der Waals surface area contributed by atoms with Crippen LogP contribution in [-0.2, 0) is 14.3 Å². The third kappa shape index (κ3) is 3.91. The molecule has 1 atom stereocenters.